The average Bonchev–Trinajstić information content (AvgIpc) is 2.68. The Bertz CT molecular complexity index is 880. The molecular formula is C21H21ClN4O. The van der Waals surface area contributed by atoms with Crippen molar-refractivity contribution in [2.24, 2.45) is 0 Å². The lowest BCUT2D eigenvalue weighted by Crippen LogP contribution is -2.36. The van der Waals surface area contributed by atoms with Gasteiger partial charge in [0.1, 0.15) is 0 Å². The molecule has 0 unspecified atom stereocenters. The third kappa shape index (κ3) is 5.05. The highest BCUT2D eigenvalue weighted by Crippen LogP contribution is 2.17. The van der Waals surface area contributed by atoms with E-state index in [0.717, 1.165) is 11.3 Å². The molecule has 27 heavy (non-hydrogen) atoms. The normalized spacial score (nSPS) is 10.7. The molecule has 0 atom stereocenters. The Labute approximate surface area is 164 Å². The number of aromatic nitrogens is 2. The summed E-state index contributed by atoms with van der Waals surface area (Å²) in [6.07, 6.45) is 3.10. The summed E-state index contributed by atoms with van der Waals surface area (Å²) in [7, 11) is 0. The van der Waals surface area contributed by atoms with Gasteiger partial charge in [0.05, 0.1) is 5.56 Å². The number of halogens is 1. The molecule has 3 rings (SSSR count). The molecule has 0 saturated heterocycles. The molecule has 1 amide bonds. The molecule has 1 heterocycles. The predicted octanol–water partition coefficient (Wildman–Crippen LogP) is 4.92. The van der Waals surface area contributed by atoms with Crippen molar-refractivity contribution < 1.29 is 4.79 Å². The van der Waals surface area contributed by atoms with E-state index in [9.17, 15) is 4.79 Å². The molecule has 0 radical (unpaired) electrons. The fourth-order valence-corrected chi connectivity index (χ4v) is 2.73. The molecule has 2 aromatic carbocycles. The largest absolute Gasteiger partial charge is 0.332 e. The van der Waals surface area contributed by atoms with Crippen LogP contribution in [0.4, 0.5) is 11.6 Å². The first kappa shape index (κ1) is 18.9. The number of hydrogen-bond acceptors (Lipinski definition) is 4. The minimum absolute atomic E-state index is 0.0598. The van der Waals surface area contributed by atoms with Crippen LogP contribution in [0.1, 0.15) is 29.8 Å². The lowest BCUT2D eigenvalue weighted by molar-refractivity contribution is 0.0689. The van der Waals surface area contributed by atoms with Crippen LogP contribution in [-0.4, -0.2) is 26.8 Å². The average molecular weight is 381 g/mol. The number of anilines is 2. The van der Waals surface area contributed by atoms with E-state index in [1.54, 1.807) is 29.4 Å². The first-order valence-electron chi connectivity index (χ1n) is 8.72. The van der Waals surface area contributed by atoms with Gasteiger partial charge in [0, 0.05) is 35.7 Å². The topological polar surface area (TPSA) is 58.1 Å². The van der Waals surface area contributed by atoms with Crippen LogP contribution in [0.2, 0.25) is 5.02 Å². The number of carbonyl (C=O) groups is 1. The van der Waals surface area contributed by atoms with Crippen molar-refractivity contribution >= 4 is 29.1 Å². The zero-order chi connectivity index (χ0) is 19.2. The number of hydrogen-bond donors (Lipinski definition) is 1. The first-order chi connectivity index (χ1) is 13.0. The third-order valence-corrected chi connectivity index (χ3v) is 4.33. The lowest BCUT2D eigenvalue weighted by atomic mass is 10.1. The number of amides is 1. The molecule has 3 aromatic rings. The Kier molecular flexibility index (Phi) is 6.04. The van der Waals surface area contributed by atoms with E-state index in [1.165, 1.54) is 0 Å². The van der Waals surface area contributed by atoms with Crippen LogP contribution in [0, 0.1) is 0 Å². The molecular weight excluding hydrogens is 360 g/mol. The van der Waals surface area contributed by atoms with Crippen molar-refractivity contribution in [1.82, 2.24) is 14.9 Å². The van der Waals surface area contributed by atoms with E-state index in [2.05, 4.69) is 15.3 Å². The van der Waals surface area contributed by atoms with Gasteiger partial charge >= 0.3 is 0 Å². The van der Waals surface area contributed by atoms with Crippen LogP contribution in [-0.2, 0) is 6.54 Å². The van der Waals surface area contributed by atoms with Crippen molar-refractivity contribution in [2.75, 3.05) is 5.32 Å². The van der Waals surface area contributed by atoms with Crippen LogP contribution in [0.15, 0.2) is 67.0 Å². The standard InChI is InChI=1S/C21H21ClN4O/c1-15(2)26(14-16-6-4-3-5-7-16)20(27)17-12-23-21(24-13-17)25-19-10-8-18(22)9-11-19/h3-13,15H,14H2,1-2H3,(H,23,24,25). The number of nitrogens with zero attached hydrogens (tertiary/aromatic N) is 3. The van der Waals surface area contributed by atoms with Crippen LogP contribution >= 0.6 is 11.6 Å². The first-order valence-corrected chi connectivity index (χ1v) is 9.10. The molecule has 0 bridgehead atoms. The summed E-state index contributed by atoms with van der Waals surface area (Å²) in [5.74, 6) is 0.333. The highest BCUT2D eigenvalue weighted by Gasteiger charge is 2.20. The zero-order valence-electron chi connectivity index (χ0n) is 15.3. The van der Waals surface area contributed by atoms with E-state index >= 15 is 0 Å². The molecule has 0 aliphatic rings. The molecule has 1 N–H and O–H groups in total. The maximum Gasteiger partial charge on any atom is 0.257 e. The maximum atomic E-state index is 12.9. The van der Waals surface area contributed by atoms with Crippen molar-refractivity contribution in [3.63, 3.8) is 0 Å². The Morgan fingerprint density at radius 2 is 1.67 bits per heavy atom. The third-order valence-electron chi connectivity index (χ3n) is 4.08. The Balaban J connectivity index is 1.72. The van der Waals surface area contributed by atoms with Gasteiger partial charge in [-0.3, -0.25) is 4.79 Å². The number of benzene rings is 2. The SMILES string of the molecule is CC(C)N(Cc1ccccc1)C(=O)c1cnc(Nc2ccc(Cl)cc2)nc1. The molecule has 0 fully saturated rings. The Morgan fingerprint density at radius 1 is 1.04 bits per heavy atom. The monoisotopic (exact) mass is 380 g/mol. The van der Waals surface area contributed by atoms with Crippen LogP contribution in [0.25, 0.3) is 0 Å². The predicted molar refractivity (Wildman–Crippen MR) is 108 cm³/mol. The van der Waals surface area contributed by atoms with Crippen LogP contribution in [0.3, 0.4) is 0 Å². The molecule has 0 saturated carbocycles. The summed E-state index contributed by atoms with van der Waals surface area (Å²) in [5.41, 5.74) is 2.37. The van der Waals surface area contributed by atoms with Gasteiger partial charge < -0.3 is 10.2 Å². The van der Waals surface area contributed by atoms with Gasteiger partial charge in [0.15, 0.2) is 0 Å². The maximum absolute atomic E-state index is 12.9. The fourth-order valence-electron chi connectivity index (χ4n) is 2.60. The summed E-state index contributed by atoms with van der Waals surface area (Å²) in [6.45, 7) is 4.54. The molecule has 1 aromatic heterocycles. The van der Waals surface area contributed by atoms with Gasteiger partial charge in [-0.05, 0) is 43.7 Å². The summed E-state index contributed by atoms with van der Waals surface area (Å²) in [4.78, 5) is 23.2. The van der Waals surface area contributed by atoms with Crippen molar-refractivity contribution in [1.29, 1.82) is 0 Å². The van der Waals surface area contributed by atoms with E-state index < -0.39 is 0 Å². The number of carbonyl (C=O) groups excluding carboxylic acids is 1. The lowest BCUT2D eigenvalue weighted by Gasteiger charge is -2.26. The summed E-state index contributed by atoms with van der Waals surface area (Å²) < 4.78 is 0. The van der Waals surface area contributed by atoms with Crippen molar-refractivity contribution in [3.05, 3.63) is 83.1 Å². The minimum Gasteiger partial charge on any atom is -0.332 e. The number of nitrogens with one attached hydrogen (secondary N) is 1. The second-order valence-electron chi connectivity index (χ2n) is 6.44. The van der Waals surface area contributed by atoms with E-state index in [-0.39, 0.29) is 11.9 Å². The van der Waals surface area contributed by atoms with Crippen molar-refractivity contribution in [2.45, 2.75) is 26.4 Å². The molecule has 0 aliphatic carbocycles. The van der Waals surface area contributed by atoms with E-state index in [4.69, 9.17) is 11.6 Å². The summed E-state index contributed by atoms with van der Waals surface area (Å²) in [5, 5.41) is 3.74. The Morgan fingerprint density at radius 3 is 2.26 bits per heavy atom. The highest BCUT2D eigenvalue weighted by molar-refractivity contribution is 6.30. The highest BCUT2D eigenvalue weighted by atomic mass is 35.5. The second-order valence-corrected chi connectivity index (χ2v) is 6.88. The molecule has 0 spiro atoms. The second kappa shape index (κ2) is 8.64. The molecule has 138 valence electrons. The fraction of sp³-hybridized carbons (Fsp3) is 0.190. The van der Waals surface area contributed by atoms with Gasteiger partial charge in [-0.2, -0.15) is 0 Å². The van der Waals surface area contributed by atoms with Crippen molar-refractivity contribution in [3.8, 4) is 0 Å². The molecule has 0 aliphatic heterocycles. The molecule has 5 nitrogen and oxygen atoms in total. The van der Waals surface area contributed by atoms with Gasteiger partial charge in [-0.1, -0.05) is 41.9 Å². The van der Waals surface area contributed by atoms with E-state index in [0.29, 0.717) is 23.1 Å². The number of rotatable bonds is 6. The van der Waals surface area contributed by atoms with E-state index in [1.807, 2.05) is 56.3 Å². The summed E-state index contributed by atoms with van der Waals surface area (Å²) >= 11 is 5.88. The molecule has 6 heteroatoms. The van der Waals surface area contributed by atoms with Gasteiger partial charge in [0.2, 0.25) is 5.95 Å². The van der Waals surface area contributed by atoms with Gasteiger partial charge in [-0.15, -0.1) is 0 Å². The quantitative estimate of drug-likeness (QED) is 0.659. The smallest absolute Gasteiger partial charge is 0.257 e. The van der Waals surface area contributed by atoms with Crippen LogP contribution in [0.5, 0.6) is 0 Å². The summed E-state index contributed by atoms with van der Waals surface area (Å²) in [6, 6.07) is 17.2. The zero-order valence-corrected chi connectivity index (χ0v) is 16.0. The van der Waals surface area contributed by atoms with Gasteiger partial charge in [0.25, 0.3) is 5.91 Å². The Hall–Kier alpha value is -2.92. The van der Waals surface area contributed by atoms with Crippen LogP contribution < -0.4 is 5.32 Å². The van der Waals surface area contributed by atoms with Gasteiger partial charge in [-0.25, -0.2) is 9.97 Å². The minimum atomic E-state index is -0.0908.